The van der Waals surface area contributed by atoms with Crippen LogP contribution in [0.15, 0.2) is 11.6 Å². The van der Waals surface area contributed by atoms with Crippen LogP contribution in [-0.4, -0.2) is 12.1 Å². The minimum Gasteiger partial charge on any atom is -0.462 e. The number of hydrogen-bond donors (Lipinski definition) is 0. The SMILES string of the molecule is CCCCCCCC[C@@H]1CC[C@H]2[C@H]3CC=C4C[C@@H](OC(=O)C56CC7CC(CC(C7)C5)C6)CC[C@]4(C)[C@H]3CC[C@]12C. The molecule has 0 aliphatic heterocycles. The Morgan fingerprint density at radius 2 is 1.55 bits per heavy atom. The summed E-state index contributed by atoms with van der Waals surface area (Å²) in [5, 5.41) is 0. The van der Waals surface area contributed by atoms with Gasteiger partial charge in [-0.1, -0.05) is 70.9 Å². The first kappa shape index (κ1) is 28.0. The molecule has 0 spiro atoms. The second-order valence-corrected chi connectivity index (χ2v) is 17.1. The van der Waals surface area contributed by atoms with Gasteiger partial charge >= 0.3 is 5.97 Å². The minimum atomic E-state index is -0.107. The number of carbonyl (C=O) groups excluding carboxylic acids is 1. The van der Waals surface area contributed by atoms with Crippen molar-refractivity contribution in [2.75, 3.05) is 0 Å². The van der Waals surface area contributed by atoms with Crippen molar-refractivity contribution in [2.24, 2.45) is 57.7 Å². The Labute approximate surface area is 246 Å². The van der Waals surface area contributed by atoms with Gasteiger partial charge in [-0.3, -0.25) is 4.79 Å². The summed E-state index contributed by atoms with van der Waals surface area (Å²) in [7, 11) is 0. The average molecular weight is 549 g/mol. The Morgan fingerprint density at radius 1 is 0.850 bits per heavy atom. The number of allylic oxidation sites excluding steroid dienone is 1. The highest BCUT2D eigenvalue weighted by Gasteiger charge is 2.59. The molecule has 0 N–H and O–H groups in total. The molecule has 0 amide bonds. The molecule has 0 aromatic rings. The van der Waals surface area contributed by atoms with Crippen molar-refractivity contribution < 1.29 is 9.53 Å². The molecule has 0 unspecified atom stereocenters. The largest absolute Gasteiger partial charge is 0.462 e. The van der Waals surface area contributed by atoms with E-state index in [0.717, 1.165) is 73.5 Å². The van der Waals surface area contributed by atoms with Gasteiger partial charge in [-0.25, -0.2) is 0 Å². The number of ether oxygens (including phenoxy) is 1. The highest BCUT2D eigenvalue weighted by molar-refractivity contribution is 5.77. The van der Waals surface area contributed by atoms with Crippen molar-refractivity contribution in [1.29, 1.82) is 0 Å². The van der Waals surface area contributed by atoms with Gasteiger partial charge in [0.15, 0.2) is 0 Å². The fraction of sp³-hybridized carbons (Fsp3) is 0.921. The van der Waals surface area contributed by atoms with Crippen LogP contribution in [0.3, 0.4) is 0 Å². The molecule has 2 nitrogen and oxygen atoms in total. The van der Waals surface area contributed by atoms with Gasteiger partial charge in [-0.15, -0.1) is 0 Å². The van der Waals surface area contributed by atoms with Crippen LogP contribution in [0.4, 0.5) is 0 Å². The van der Waals surface area contributed by atoms with Crippen molar-refractivity contribution in [2.45, 2.75) is 162 Å². The van der Waals surface area contributed by atoms with Crippen LogP contribution in [0.5, 0.6) is 0 Å². The lowest BCUT2D eigenvalue weighted by Gasteiger charge is -2.58. The number of esters is 1. The summed E-state index contributed by atoms with van der Waals surface area (Å²) >= 11 is 0. The molecule has 4 bridgehead atoms. The summed E-state index contributed by atoms with van der Waals surface area (Å²) in [4.78, 5) is 13.7. The van der Waals surface area contributed by atoms with E-state index in [1.165, 1.54) is 103 Å². The highest BCUT2D eigenvalue weighted by Crippen LogP contribution is 2.67. The standard InChI is InChI=1S/C38H60O2/c1-4-5-6-7-8-9-10-29-12-14-33-32-13-11-30-22-31(15-17-37(30,3)34(32)16-18-36(29,33)2)40-35(39)38-23-26-19-27(24-38)21-28(20-26)25-38/h11,26-29,31-34H,4-10,12-25H2,1-3H3/t26?,27?,28?,29-,31+,32-,33+,34+,36-,37+,38?/m1/s1. The Morgan fingerprint density at radius 3 is 2.27 bits per heavy atom. The second kappa shape index (κ2) is 10.7. The molecule has 7 atom stereocenters. The molecule has 224 valence electrons. The van der Waals surface area contributed by atoms with Gasteiger partial charge in [0.05, 0.1) is 5.41 Å². The van der Waals surface area contributed by atoms with E-state index in [1.807, 2.05) is 0 Å². The van der Waals surface area contributed by atoms with Crippen molar-refractivity contribution in [3.63, 3.8) is 0 Å². The van der Waals surface area contributed by atoms with Crippen molar-refractivity contribution in [1.82, 2.24) is 0 Å². The summed E-state index contributed by atoms with van der Waals surface area (Å²) in [6.07, 6.45) is 31.0. The van der Waals surface area contributed by atoms with Crippen LogP contribution in [-0.2, 0) is 9.53 Å². The molecule has 0 aromatic heterocycles. The van der Waals surface area contributed by atoms with Gasteiger partial charge in [0.1, 0.15) is 6.10 Å². The van der Waals surface area contributed by atoms with Gasteiger partial charge in [-0.2, -0.15) is 0 Å². The maximum atomic E-state index is 13.7. The average Bonchev–Trinajstić information content (AvgIpc) is 3.26. The van der Waals surface area contributed by atoms with Gasteiger partial charge in [-0.05, 0) is 142 Å². The van der Waals surface area contributed by atoms with E-state index in [-0.39, 0.29) is 17.5 Å². The number of unbranched alkanes of at least 4 members (excludes halogenated alkanes) is 5. The van der Waals surface area contributed by atoms with Gasteiger partial charge in [0.25, 0.3) is 0 Å². The summed E-state index contributed by atoms with van der Waals surface area (Å²) < 4.78 is 6.49. The molecule has 0 aromatic carbocycles. The molecule has 7 fully saturated rings. The minimum absolute atomic E-state index is 0.107. The van der Waals surface area contributed by atoms with Crippen molar-refractivity contribution in [3.05, 3.63) is 11.6 Å². The predicted molar refractivity (Wildman–Crippen MR) is 164 cm³/mol. The lowest BCUT2D eigenvalue weighted by Crippen LogP contribution is -2.52. The van der Waals surface area contributed by atoms with E-state index in [1.54, 1.807) is 5.57 Å². The molecule has 40 heavy (non-hydrogen) atoms. The summed E-state index contributed by atoms with van der Waals surface area (Å²) in [6, 6.07) is 0. The van der Waals surface area contributed by atoms with Crippen LogP contribution in [0.1, 0.15) is 156 Å². The molecule has 0 radical (unpaired) electrons. The van der Waals surface area contributed by atoms with Gasteiger partial charge in [0, 0.05) is 6.42 Å². The monoisotopic (exact) mass is 548 g/mol. The number of carbonyl (C=O) groups is 1. The third-order valence-corrected chi connectivity index (χ3v) is 14.9. The van der Waals surface area contributed by atoms with Crippen LogP contribution < -0.4 is 0 Å². The van der Waals surface area contributed by atoms with E-state index in [0.29, 0.717) is 10.8 Å². The topological polar surface area (TPSA) is 26.3 Å². The Balaban J connectivity index is 0.976. The summed E-state index contributed by atoms with van der Waals surface area (Å²) in [6.45, 7) is 7.66. The maximum Gasteiger partial charge on any atom is 0.312 e. The molecule has 8 rings (SSSR count). The normalized spacial score (nSPS) is 48.7. The molecule has 0 saturated heterocycles. The van der Waals surface area contributed by atoms with Crippen LogP contribution in [0, 0.1) is 57.7 Å². The van der Waals surface area contributed by atoms with Crippen LogP contribution >= 0.6 is 0 Å². The first-order chi connectivity index (χ1) is 19.3. The molecule has 8 aliphatic rings. The van der Waals surface area contributed by atoms with Crippen molar-refractivity contribution in [3.8, 4) is 0 Å². The highest BCUT2D eigenvalue weighted by atomic mass is 16.5. The van der Waals surface area contributed by atoms with E-state index < -0.39 is 0 Å². The zero-order valence-electron chi connectivity index (χ0n) is 26.4. The fourth-order valence-electron chi connectivity index (χ4n) is 13.1. The quantitative estimate of drug-likeness (QED) is 0.163. The third kappa shape index (κ3) is 4.67. The number of hydrogen-bond acceptors (Lipinski definition) is 2. The fourth-order valence-corrected chi connectivity index (χ4v) is 13.1. The molecule has 2 heteroatoms. The Kier molecular flexibility index (Phi) is 7.51. The van der Waals surface area contributed by atoms with E-state index in [4.69, 9.17) is 4.74 Å². The molecule has 8 aliphatic carbocycles. The summed E-state index contributed by atoms with van der Waals surface area (Å²) in [5.41, 5.74) is 2.51. The van der Waals surface area contributed by atoms with E-state index in [9.17, 15) is 4.79 Å². The predicted octanol–water partition coefficient (Wildman–Crippen LogP) is 10.4. The van der Waals surface area contributed by atoms with Crippen molar-refractivity contribution >= 4 is 5.97 Å². The number of fused-ring (bicyclic) bond motifs is 5. The second-order valence-electron chi connectivity index (χ2n) is 17.1. The van der Waals surface area contributed by atoms with E-state index >= 15 is 0 Å². The Bertz CT molecular complexity index is 943. The first-order valence-corrected chi connectivity index (χ1v) is 18.2. The summed E-state index contributed by atoms with van der Waals surface area (Å²) in [5.74, 6) is 6.31. The van der Waals surface area contributed by atoms with E-state index in [2.05, 4.69) is 26.8 Å². The zero-order valence-corrected chi connectivity index (χ0v) is 26.4. The molecular weight excluding hydrogens is 488 g/mol. The lowest BCUT2D eigenvalue weighted by molar-refractivity contribution is -0.179. The number of rotatable bonds is 9. The molecular formula is C38H60O2. The third-order valence-electron chi connectivity index (χ3n) is 14.9. The Hall–Kier alpha value is -0.790. The molecule has 7 saturated carbocycles. The van der Waals surface area contributed by atoms with Gasteiger partial charge < -0.3 is 4.74 Å². The van der Waals surface area contributed by atoms with Crippen LogP contribution in [0.25, 0.3) is 0 Å². The smallest absolute Gasteiger partial charge is 0.312 e. The van der Waals surface area contributed by atoms with Crippen LogP contribution in [0.2, 0.25) is 0 Å². The maximum absolute atomic E-state index is 13.7. The lowest BCUT2D eigenvalue weighted by atomic mass is 9.47. The van der Waals surface area contributed by atoms with Gasteiger partial charge in [0.2, 0.25) is 0 Å². The first-order valence-electron chi connectivity index (χ1n) is 18.2. The zero-order chi connectivity index (χ0) is 27.5. The molecule has 0 heterocycles.